The number of carbonyl (C=O) groups excluding carboxylic acids is 1. The Balaban J connectivity index is 1.76. The molecule has 4 rings (SSSR count). The van der Waals surface area contributed by atoms with Gasteiger partial charge in [-0.15, -0.1) is 0 Å². The third-order valence-electron chi connectivity index (χ3n) is 4.91. The molecule has 0 saturated heterocycles. The fraction of sp³-hybridized carbons (Fsp3) is 0.190. The maximum Gasteiger partial charge on any atom is 0.243 e. The van der Waals surface area contributed by atoms with E-state index >= 15 is 0 Å². The molecule has 6 heteroatoms. The summed E-state index contributed by atoms with van der Waals surface area (Å²) in [5.74, 6) is -0.146. The fourth-order valence-corrected chi connectivity index (χ4v) is 3.68. The number of carbonyl (C=O) groups is 1. The zero-order valence-electron chi connectivity index (χ0n) is 14.8. The molecule has 1 atom stereocenters. The fourth-order valence-electron chi connectivity index (χ4n) is 3.68. The second-order valence-corrected chi connectivity index (χ2v) is 6.66. The summed E-state index contributed by atoms with van der Waals surface area (Å²) in [7, 11) is 0. The lowest BCUT2D eigenvalue weighted by Crippen LogP contribution is -2.34. The van der Waals surface area contributed by atoms with Gasteiger partial charge in [-0.25, -0.2) is 4.98 Å². The van der Waals surface area contributed by atoms with Gasteiger partial charge in [-0.05, 0) is 48.6 Å². The number of hydrogen-bond acceptors (Lipinski definition) is 3. The molecule has 0 spiro atoms. The molecule has 0 radical (unpaired) electrons. The Bertz CT molecular complexity index is 1050. The number of amides is 1. The van der Waals surface area contributed by atoms with Gasteiger partial charge in [0.05, 0.1) is 0 Å². The molecule has 27 heavy (non-hydrogen) atoms. The van der Waals surface area contributed by atoms with Crippen LogP contribution in [-0.4, -0.2) is 21.9 Å². The van der Waals surface area contributed by atoms with Crippen molar-refractivity contribution in [2.45, 2.75) is 25.3 Å². The lowest BCUT2D eigenvalue weighted by atomic mass is 9.88. The second-order valence-electron chi connectivity index (χ2n) is 6.66. The minimum absolute atomic E-state index is 0.0848. The number of H-pyrrole nitrogens is 1. The highest BCUT2D eigenvalue weighted by Gasteiger charge is 2.21. The predicted octanol–water partition coefficient (Wildman–Crippen LogP) is 3.10. The number of hydrogen-bond donors (Lipinski definition) is 2. The van der Waals surface area contributed by atoms with Crippen molar-refractivity contribution in [2.24, 2.45) is 0 Å². The lowest BCUT2D eigenvalue weighted by Gasteiger charge is -2.24. The summed E-state index contributed by atoms with van der Waals surface area (Å²) in [6.07, 6.45) is 12.8. The van der Waals surface area contributed by atoms with Gasteiger partial charge in [-0.3, -0.25) is 4.79 Å². The van der Waals surface area contributed by atoms with Crippen LogP contribution in [0.4, 0.5) is 0 Å². The Kier molecular flexibility index (Phi) is 4.46. The van der Waals surface area contributed by atoms with E-state index in [4.69, 9.17) is 0 Å². The first kappa shape index (κ1) is 17.0. The van der Waals surface area contributed by atoms with Crippen molar-refractivity contribution in [3.05, 3.63) is 72.5 Å². The maximum absolute atomic E-state index is 11.7. The second kappa shape index (κ2) is 7.07. The molecule has 1 unspecified atom stereocenters. The topological polar surface area (TPSA) is 84.7 Å². The predicted molar refractivity (Wildman–Crippen MR) is 104 cm³/mol. The molecular weight excluding hydrogens is 340 g/mol. The maximum atomic E-state index is 11.7. The third-order valence-corrected chi connectivity index (χ3v) is 4.91. The Labute approximate surface area is 156 Å². The Morgan fingerprint density at radius 3 is 3.11 bits per heavy atom. The van der Waals surface area contributed by atoms with E-state index in [-0.39, 0.29) is 11.9 Å². The van der Waals surface area contributed by atoms with E-state index in [1.807, 2.05) is 18.3 Å². The summed E-state index contributed by atoms with van der Waals surface area (Å²) < 4.78 is 0.797. The van der Waals surface area contributed by atoms with Gasteiger partial charge in [0.15, 0.2) is 12.4 Å². The summed E-state index contributed by atoms with van der Waals surface area (Å²) >= 11 is 0. The summed E-state index contributed by atoms with van der Waals surface area (Å²) in [5.41, 5.74) is 4.81. The van der Waals surface area contributed by atoms with Crippen LogP contribution in [0.2, 0.25) is 0 Å². The number of rotatable bonds is 4. The van der Waals surface area contributed by atoms with Crippen LogP contribution in [0.5, 0.6) is 0 Å². The average molecular weight is 360 g/mol. The molecule has 1 amide bonds. The molecule has 2 N–H and O–H groups in total. The molecule has 0 bridgehead atoms. The van der Waals surface area contributed by atoms with Crippen molar-refractivity contribution in [1.29, 1.82) is 0 Å². The largest absolute Gasteiger partial charge is 0.619 e. The molecule has 0 aromatic carbocycles. The van der Waals surface area contributed by atoms with Crippen molar-refractivity contribution < 1.29 is 9.52 Å². The first-order valence-electron chi connectivity index (χ1n) is 8.93. The highest BCUT2D eigenvalue weighted by molar-refractivity contribution is 6.01. The van der Waals surface area contributed by atoms with Gasteiger partial charge < -0.3 is 15.5 Å². The van der Waals surface area contributed by atoms with Crippen molar-refractivity contribution in [3.63, 3.8) is 0 Å². The van der Waals surface area contributed by atoms with Crippen molar-refractivity contribution in [2.75, 3.05) is 0 Å². The van der Waals surface area contributed by atoms with Gasteiger partial charge in [0.1, 0.15) is 5.65 Å². The normalized spacial score (nSPS) is 16.7. The van der Waals surface area contributed by atoms with Crippen LogP contribution >= 0.6 is 0 Å². The van der Waals surface area contributed by atoms with Gasteiger partial charge in [0, 0.05) is 41.0 Å². The van der Waals surface area contributed by atoms with Crippen molar-refractivity contribution in [3.8, 4) is 11.1 Å². The molecule has 136 valence electrons. The van der Waals surface area contributed by atoms with Crippen LogP contribution in [0.3, 0.4) is 0 Å². The Morgan fingerprint density at radius 2 is 2.30 bits per heavy atom. The molecule has 0 aliphatic heterocycles. The zero-order valence-corrected chi connectivity index (χ0v) is 14.8. The monoisotopic (exact) mass is 360 g/mol. The first-order valence-corrected chi connectivity index (χ1v) is 8.93. The summed E-state index contributed by atoms with van der Waals surface area (Å²) in [4.78, 5) is 19.3. The van der Waals surface area contributed by atoms with Crippen LogP contribution in [0.1, 0.15) is 24.8 Å². The Hall–Kier alpha value is -3.41. The van der Waals surface area contributed by atoms with Crippen LogP contribution in [0, 0.1) is 5.21 Å². The van der Waals surface area contributed by atoms with E-state index in [9.17, 15) is 10.0 Å². The number of aromatic nitrogens is 3. The van der Waals surface area contributed by atoms with E-state index in [1.165, 1.54) is 17.8 Å². The number of allylic oxidation sites excluding steroid dienone is 1. The average Bonchev–Trinajstić information content (AvgIpc) is 3.12. The van der Waals surface area contributed by atoms with Gasteiger partial charge >= 0.3 is 0 Å². The van der Waals surface area contributed by atoms with Crippen LogP contribution < -0.4 is 10.0 Å². The van der Waals surface area contributed by atoms with E-state index < -0.39 is 0 Å². The molecule has 6 nitrogen and oxygen atoms in total. The molecule has 1 aliphatic rings. The Morgan fingerprint density at radius 1 is 1.41 bits per heavy atom. The SMILES string of the molecule is C=CC(=O)NC1CCC=C(c2ccnc3[nH]cc(-c4ccc[n+]([O-])c4)c23)C1. The smallest absolute Gasteiger partial charge is 0.243 e. The number of nitrogens with zero attached hydrogens (tertiary/aromatic N) is 2. The minimum atomic E-state index is -0.146. The van der Waals surface area contributed by atoms with Gasteiger partial charge in [-0.2, -0.15) is 4.73 Å². The molecule has 1 aliphatic carbocycles. The van der Waals surface area contributed by atoms with Crippen LogP contribution in [0.15, 0.2) is 61.7 Å². The van der Waals surface area contributed by atoms with E-state index in [0.29, 0.717) is 0 Å². The van der Waals surface area contributed by atoms with Crippen molar-refractivity contribution >= 4 is 22.5 Å². The number of aromatic amines is 1. The van der Waals surface area contributed by atoms with E-state index in [0.717, 1.165) is 51.7 Å². The molecular formula is C21H20N4O2. The van der Waals surface area contributed by atoms with Gasteiger partial charge in [0.2, 0.25) is 5.91 Å². The minimum Gasteiger partial charge on any atom is -0.619 e. The van der Waals surface area contributed by atoms with Gasteiger partial charge in [0.25, 0.3) is 0 Å². The number of fused-ring (bicyclic) bond motifs is 1. The van der Waals surface area contributed by atoms with Crippen LogP contribution in [-0.2, 0) is 4.79 Å². The summed E-state index contributed by atoms with van der Waals surface area (Å²) in [5, 5.41) is 15.7. The number of nitrogens with one attached hydrogen (secondary N) is 2. The highest BCUT2D eigenvalue weighted by Crippen LogP contribution is 2.36. The summed E-state index contributed by atoms with van der Waals surface area (Å²) in [6.45, 7) is 3.52. The zero-order chi connectivity index (χ0) is 18.8. The first-order chi connectivity index (χ1) is 13.2. The van der Waals surface area contributed by atoms with Gasteiger partial charge in [-0.1, -0.05) is 12.7 Å². The van der Waals surface area contributed by atoms with E-state index in [1.54, 1.807) is 18.5 Å². The third kappa shape index (κ3) is 3.33. The van der Waals surface area contributed by atoms with Crippen molar-refractivity contribution in [1.82, 2.24) is 15.3 Å². The summed E-state index contributed by atoms with van der Waals surface area (Å²) in [6, 6.07) is 5.73. The standard InChI is InChI=1S/C21H20N4O2/c1-2-19(26)24-16-7-3-5-14(11-16)17-8-9-22-21-20(17)18(12-23-21)15-6-4-10-25(27)13-15/h2,4-6,8-10,12-13,16H,1,3,7,11H2,(H,22,23)(H,24,26). The molecule has 3 aromatic rings. The lowest BCUT2D eigenvalue weighted by molar-refractivity contribution is -0.604. The quantitative estimate of drug-likeness (QED) is 0.426. The number of pyridine rings is 2. The molecule has 0 fully saturated rings. The molecule has 3 heterocycles. The molecule has 0 saturated carbocycles. The molecule has 3 aromatic heterocycles. The van der Waals surface area contributed by atoms with E-state index in [2.05, 4.69) is 27.9 Å². The highest BCUT2D eigenvalue weighted by atomic mass is 16.5. The van der Waals surface area contributed by atoms with Crippen LogP contribution in [0.25, 0.3) is 27.7 Å².